The van der Waals surface area contributed by atoms with Crippen molar-refractivity contribution in [1.82, 2.24) is 25.2 Å². The molecule has 7 nitrogen and oxygen atoms in total. The molecule has 4 aromatic rings. The first-order chi connectivity index (χ1) is 13.6. The van der Waals surface area contributed by atoms with E-state index in [0.717, 1.165) is 28.2 Å². The predicted octanol–water partition coefficient (Wildman–Crippen LogP) is 2.93. The number of nitrogens with zero attached hydrogens (tertiary/aromatic N) is 4. The molecule has 3 aromatic heterocycles. The lowest BCUT2D eigenvalue weighted by atomic mass is 10.1. The number of rotatable bonds is 6. The molecule has 0 spiro atoms. The number of hydrogen-bond donors (Lipinski definition) is 1. The van der Waals surface area contributed by atoms with Crippen LogP contribution in [0.2, 0.25) is 0 Å². The monoisotopic (exact) mass is 375 g/mol. The van der Waals surface area contributed by atoms with Gasteiger partial charge in [-0.25, -0.2) is 9.67 Å². The minimum absolute atomic E-state index is 0.0773. The van der Waals surface area contributed by atoms with E-state index < -0.39 is 0 Å². The second kappa shape index (κ2) is 7.64. The zero-order chi connectivity index (χ0) is 19.5. The third-order valence-electron chi connectivity index (χ3n) is 4.78. The molecule has 4 rings (SSSR count). The number of pyridine rings is 1. The molecule has 1 amide bonds. The van der Waals surface area contributed by atoms with Crippen molar-refractivity contribution in [3.63, 3.8) is 0 Å². The van der Waals surface area contributed by atoms with Crippen LogP contribution in [0.1, 0.15) is 22.6 Å². The quantitative estimate of drug-likeness (QED) is 0.560. The van der Waals surface area contributed by atoms with E-state index in [1.807, 2.05) is 61.0 Å². The molecule has 0 saturated carbocycles. The Morgan fingerprint density at radius 3 is 2.79 bits per heavy atom. The maximum absolute atomic E-state index is 12.3. The molecular weight excluding hydrogens is 354 g/mol. The third-order valence-corrected chi connectivity index (χ3v) is 4.78. The van der Waals surface area contributed by atoms with Crippen LogP contribution >= 0.6 is 0 Å². The Labute approximate surface area is 162 Å². The summed E-state index contributed by atoms with van der Waals surface area (Å²) in [7, 11) is 0. The van der Waals surface area contributed by atoms with Crippen molar-refractivity contribution in [3.05, 3.63) is 71.3 Å². The predicted molar refractivity (Wildman–Crippen MR) is 105 cm³/mol. The summed E-state index contributed by atoms with van der Waals surface area (Å²) < 4.78 is 7.09. The SMILES string of the molecule is Cc1nn(-c2ccccn2)c(C)c1CCNC(=O)Cc1noc2ccccc12. The van der Waals surface area contributed by atoms with Crippen molar-refractivity contribution in [3.8, 4) is 5.82 Å². The van der Waals surface area contributed by atoms with E-state index >= 15 is 0 Å². The van der Waals surface area contributed by atoms with Gasteiger partial charge < -0.3 is 9.84 Å². The molecule has 0 unspecified atom stereocenters. The van der Waals surface area contributed by atoms with E-state index in [9.17, 15) is 4.79 Å². The first-order valence-electron chi connectivity index (χ1n) is 9.20. The standard InChI is InChI=1S/C21H21N5O2/c1-14-16(15(2)26(24-14)20-9-5-6-11-22-20)10-12-23-21(27)13-18-17-7-3-4-8-19(17)28-25-18/h3-9,11H,10,12-13H2,1-2H3,(H,23,27). The fourth-order valence-corrected chi connectivity index (χ4v) is 3.35. The zero-order valence-electron chi connectivity index (χ0n) is 15.8. The Bertz CT molecular complexity index is 1110. The highest BCUT2D eigenvalue weighted by atomic mass is 16.5. The largest absolute Gasteiger partial charge is 0.356 e. The Hall–Kier alpha value is -3.48. The summed E-state index contributed by atoms with van der Waals surface area (Å²) in [6.07, 6.45) is 2.65. The topological polar surface area (TPSA) is 85.8 Å². The van der Waals surface area contributed by atoms with Crippen LogP contribution in [0.5, 0.6) is 0 Å². The molecule has 142 valence electrons. The van der Waals surface area contributed by atoms with E-state index in [1.54, 1.807) is 6.20 Å². The molecule has 1 N–H and O–H groups in total. The molecule has 28 heavy (non-hydrogen) atoms. The molecule has 0 aliphatic heterocycles. The lowest BCUT2D eigenvalue weighted by Gasteiger charge is -2.06. The number of para-hydroxylation sites is 1. The Morgan fingerprint density at radius 1 is 1.14 bits per heavy atom. The molecule has 0 atom stereocenters. The lowest BCUT2D eigenvalue weighted by Crippen LogP contribution is -2.27. The fraction of sp³-hybridized carbons (Fsp3) is 0.238. The molecule has 1 aromatic carbocycles. The summed E-state index contributed by atoms with van der Waals surface area (Å²) in [5.41, 5.74) is 4.45. The van der Waals surface area contributed by atoms with Crippen molar-refractivity contribution in [2.45, 2.75) is 26.7 Å². The fourth-order valence-electron chi connectivity index (χ4n) is 3.35. The number of carbonyl (C=O) groups is 1. The highest BCUT2D eigenvalue weighted by Crippen LogP contribution is 2.19. The summed E-state index contributed by atoms with van der Waals surface area (Å²) in [6, 6.07) is 13.3. The number of aromatic nitrogens is 4. The van der Waals surface area contributed by atoms with Crippen LogP contribution < -0.4 is 5.32 Å². The molecule has 0 saturated heterocycles. The molecule has 0 aliphatic carbocycles. The minimum Gasteiger partial charge on any atom is -0.356 e. The number of aryl methyl sites for hydroxylation is 1. The minimum atomic E-state index is -0.0773. The van der Waals surface area contributed by atoms with Crippen LogP contribution in [0, 0.1) is 13.8 Å². The van der Waals surface area contributed by atoms with Gasteiger partial charge in [0.05, 0.1) is 12.1 Å². The molecule has 0 bridgehead atoms. The highest BCUT2D eigenvalue weighted by molar-refractivity contribution is 5.86. The van der Waals surface area contributed by atoms with Gasteiger partial charge in [0, 0.05) is 23.8 Å². The van der Waals surface area contributed by atoms with Crippen LogP contribution in [-0.2, 0) is 17.6 Å². The average molecular weight is 375 g/mol. The number of nitrogens with one attached hydrogen (secondary N) is 1. The first-order valence-corrected chi connectivity index (χ1v) is 9.20. The van der Waals surface area contributed by atoms with Crippen molar-refractivity contribution in [2.24, 2.45) is 0 Å². The number of carbonyl (C=O) groups excluding carboxylic acids is 1. The van der Waals surface area contributed by atoms with Crippen LogP contribution in [0.3, 0.4) is 0 Å². The van der Waals surface area contributed by atoms with Crippen LogP contribution in [-0.4, -0.2) is 32.4 Å². The molecule has 3 heterocycles. The number of amides is 1. The van der Waals surface area contributed by atoms with Crippen molar-refractivity contribution in [1.29, 1.82) is 0 Å². The van der Waals surface area contributed by atoms with E-state index in [0.29, 0.717) is 24.2 Å². The molecule has 0 radical (unpaired) electrons. The summed E-state index contributed by atoms with van der Waals surface area (Å²) in [4.78, 5) is 16.7. The molecule has 7 heteroatoms. The van der Waals surface area contributed by atoms with E-state index in [1.165, 1.54) is 0 Å². The number of hydrogen-bond acceptors (Lipinski definition) is 5. The van der Waals surface area contributed by atoms with Crippen molar-refractivity contribution < 1.29 is 9.32 Å². The van der Waals surface area contributed by atoms with Gasteiger partial charge in [-0.15, -0.1) is 0 Å². The summed E-state index contributed by atoms with van der Waals surface area (Å²) in [6.45, 7) is 4.53. The van der Waals surface area contributed by atoms with Crippen LogP contribution in [0.25, 0.3) is 16.8 Å². The van der Waals surface area contributed by atoms with Crippen molar-refractivity contribution >= 4 is 16.9 Å². The van der Waals surface area contributed by atoms with Gasteiger partial charge in [-0.1, -0.05) is 23.4 Å². The maximum atomic E-state index is 12.3. The van der Waals surface area contributed by atoms with Gasteiger partial charge in [-0.2, -0.15) is 5.10 Å². The van der Waals surface area contributed by atoms with E-state index in [-0.39, 0.29) is 12.3 Å². The van der Waals surface area contributed by atoms with Gasteiger partial charge in [0.2, 0.25) is 5.91 Å². The second-order valence-electron chi connectivity index (χ2n) is 6.65. The van der Waals surface area contributed by atoms with Crippen LogP contribution in [0.15, 0.2) is 53.2 Å². The van der Waals surface area contributed by atoms with E-state index in [4.69, 9.17) is 4.52 Å². The average Bonchev–Trinajstić information content (AvgIpc) is 3.24. The maximum Gasteiger partial charge on any atom is 0.226 e. The first kappa shape index (κ1) is 17.9. The Kier molecular flexibility index (Phi) is 4.89. The Morgan fingerprint density at radius 2 is 1.96 bits per heavy atom. The summed E-state index contributed by atoms with van der Waals surface area (Å²) in [5, 5.41) is 12.4. The van der Waals surface area contributed by atoms with Gasteiger partial charge in [0.25, 0.3) is 0 Å². The van der Waals surface area contributed by atoms with Crippen molar-refractivity contribution in [2.75, 3.05) is 6.54 Å². The zero-order valence-corrected chi connectivity index (χ0v) is 15.8. The number of benzene rings is 1. The van der Waals surface area contributed by atoms with Gasteiger partial charge in [0.1, 0.15) is 5.69 Å². The normalized spacial score (nSPS) is 11.1. The summed E-state index contributed by atoms with van der Waals surface area (Å²) in [5.74, 6) is 0.711. The van der Waals surface area contributed by atoms with Gasteiger partial charge in [-0.3, -0.25) is 4.79 Å². The molecule has 0 aliphatic rings. The highest BCUT2D eigenvalue weighted by Gasteiger charge is 2.15. The van der Waals surface area contributed by atoms with Gasteiger partial charge in [0.15, 0.2) is 11.4 Å². The third kappa shape index (κ3) is 3.51. The lowest BCUT2D eigenvalue weighted by molar-refractivity contribution is -0.120. The molecule has 0 fully saturated rings. The second-order valence-corrected chi connectivity index (χ2v) is 6.65. The smallest absolute Gasteiger partial charge is 0.226 e. The number of fused-ring (bicyclic) bond motifs is 1. The van der Waals surface area contributed by atoms with Gasteiger partial charge in [-0.05, 0) is 50.1 Å². The van der Waals surface area contributed by atoms with Gasteiger partial charge >= 0.3 is 0 Å². The summed E-state index contributed by atoms with van der Waals surface area (Å²) >= 11 is 0. The molecular formula is C21H21N5O2. The Balaban J connectivity index is 1.39. The van der Waals surface area contributed by atoms with Crippen LogP contribution in [0.4, 0.5) is 0 Å². The van der Waals surface area contributed by atoms with E-state index in [2.05, 4.69) is 20.6 Å².